The minimum absolute atomic E-state index is 0.0148. The number of rotatable bonds is 3. The van der Waals surface area contributed by atoms with Gasteiger partial charge in [0.1, 0.15) is 5.69 Å². The number of anilines is 1. The van der Waals surface area contributed by atoms with Crippen molar-refractivity contribution in [2.24, 2.45) is 5.73 Å². The number of hydrogen-bond acceptors (Lipinski definition) is 4. The number of nitrogen functional groups attached to an aromatic ring is 1. The zero-order valence-electron chi connectivity index (χ0n) is 9.20. The van der Waals surface area contributed by atoms with E-state index in [-0.39, 0.29) is 16.9 Å². The molecule has 7 heteroatoms. The average Bonchev–Trinajstić information content (AvgIpc) is 2.77. The molecular formula is C11H10N4O3. The van der Waals surface area contributed by atoms with Gasteiger partial charge in [-0.3, -0.25) is 4.79 Å². The Morgan fingerprint density at radius 1 is 1.28 bits per heavy atom. The van der Waals surface area contributed by atoms with E-state index in [1.165, 1.54) is 35.1 Å². The van der Waals surface area contributed by atoms with E-state index < -0.39 is 11.9 Å². The maximum absolute atomic E-state index is 10.9. The fourth-order valence-corrected chi connectivity index (χ4v) is 1.49. The Labute approximate surface area is 102 Å². The van der Waals surface area contributed by atoms with Gasteiger partial charge in [-0.15, -0.1) is 0 Å². The first-order chi connectivity index (χ1) is 8.49. The largest absolute Gasteiger partial charge is 0.478 e. The van der Waals surface area contributed by atoms with Gasteiger partial charge in [0.15, 0.2) is 0 Å². The highest BCUT2D eigenvalue weighted by Gasteiger charge is 2.10. The summed E-state index contributed by atoms with van der Waals surface area (Å²) in [5, 5.41) is 12.8. The summed E-state index contributed by atoms with van der Waals surface area (Å²) in [6, 6.07) is 5.83. The average molecular weight is 246 g/mol. The Balaban J connectivity index is 2.42. The van der Waals surface area contributed by atoms with Crippen molar-refractivity contribution in [1.29, 1.82) is 0 Å². The first-order valence-corrected chi connectivity index (χ1v) is 4.97. The normalized spacial score (nSPS) is 10.2. The van der Waals surface area contributed by atoms with Crippen molar-refractivity contribution in [2.75, 3.05) is 5.73 Å². The molecule has 7 nitrogen and oxygen atoms in total. The number of carbonyl (C=O) groups excluding carboxylic acids is 1. The zero-order chi connectivity index (χ0) is 13.3. The molecule has 0 aliphatic heterocycles. The standard InChI is InChI=1S/C11H10N4O3/c12-8-5-6(1-2-7(8)11(17)18)15-4-3-9(14-15)10(13)16/h1-5H,12H2,(H2,13,16)(H,17,18). The first kappa shape index (κ1) is 11.6. The highest BCUT2D eigenvalue weighted by Crippen LogP contribution is 2.17. The number of nitrogens with two attached hydrogens (primary N) is 2. The van der Waals surface area contributed by atoms with Crippen molar-refractivity contribution in [2.45, 2.75) is 0 Å². The molecule has 2 rings (SSSR count). The van der Waals surface area contributed by atoms with Crippen LogP contribution in [0.15, 0.2) is 30.5 Å². The van der Waals surface area contributed by atoms with Gasteiger partial charge in [-0.25, -0.2) is 9.48 Å². The molecular weight excluding hydrogens is 236 g/mol. The lowest BCUT2D eigenvalue weighted by molar-refractivity contribution is 0.0698. The van der Waals surface area contributed by atoms with E-state index in [1.807, 2.05) is 0 Å². The van der Waals surface area contributed by atoms with Crippen LogP contribution in [0.25, 0.3) is 5.69 Å². The molecule has 0 fully saturated rings. The SMILES string of the molecule is NC(=O)c1ccn(-c2ccc(C(=O)O)c(N)c2)n1. The molecule has 0 radical (unpaired) electrons. The van der Waals surface area contributed by atoms with E-state index in [0.717, 1.165) is 0 Å². The molecule has 0 atom stereocenters. The van der Waals surface area contributed by atoms with Crippen LogP contribution in [0.4, 0.5) is 5.69 Å². The fourth-order valence-electron chi connectivity index (χ4n) is 1.49. The van der Waals surface area contributed by atoms with Gasteiger partial charge in [0.2, 0.25) is 0 Å². The number of nitrogens with zero attached hydrogens (tertiary/aromatic N) is 2. The predicted molar refractivity (Wildman–Crippen MR) is 63.5 cm³/mol. The van der Waals surface area contributed by atoms with Crippen LogP contribution < -0.4 is 11.5 Å². The molecule has 0 spiro atoms. The lowest BCUT2D eigenvalue weighted by atomic mass is 10.1. The quantitative estimate of drug-likeness (QED) is 0.669. The van der Waals surface area contributed by atoms with Gasteiger partial charge < -0.3 is 16.6 Å². The summed E-state index contributed by atoms with van der Waals surface area (Å²) in [6.45, 7) is 0. The Hall–Kier alpha value is -2.83. The van der Waals surface area contributed by atoms with Crippen molar-refractivity contribution in [3.05, 3.63) is 41.7 Å². The minimum Gasteiger partial charge on any atom is -0.478 e. The molecule has 0 saturated carbocycles. The summed E-state index contributed by atoms with van der Waals surface area (Å²) >= 11 is 0. The molecule has 5 N–H and O–H groups in total. The molecule has 0 aliphatic carbocycles. The van der Waals surface area contributed by atoms with Crippen molar-refractivity contribution in [3.63, 3.8) is 0 Å². The van der Waals surface area contributed by atoms with Gasteiger partial charge in [0.25, 0.3) is 5.91 Å². The number of amides is 1. The molecule has 18 heavy (non-hydrogen) atoms. The van der Waals surface area contributed by atoms with Crippen LogP contribution in [0.3, 0.4) is 0 Å². The second kappa shape index (κ2) is 4.21. The summed E-state index contributed by atoms with van der Waals surface area (Å²) in [5.41, 5.74) is 11.5. The van der Waals surface area contributed by atoms with Gasteiger partial charge in [-0.1, -0.05) is 0 Å². The van der Waals surface area contributed by atoms with Gasteiger partial charge in [-0.05, 0) is 24.3 Å². The van der Waals surface area contributed by atoms with E-state index in [2.05, 4.69) is 5.10 Å². The molecule has 92 valence electrons. The summed E-state index contributed by atoms with van der Waals surface area (Å²) in [4.78, 5) is 21.7. The van der Waals surface area contributed by atoms with E-state index in [9.17, 15) is 9.59 Å². The second-order valence-electron chi connectivity index (χ2n) is 3.59. The van der Waals surface area contributed by atoms with Gasteiger partial charge in [-0.2, -0.15) is 5.10 Å². The monoisotopic (exact) mass is 246 g/mol. The third kappa shape index (κ3) is 2.01. The lowest BCUT2D eigenvalue weighted by Gasteiger charge is -2.05. The van der Waals surface area contributed by atoms with Crippen LogP contribution in [0.2, 0.25) is 0 Å². The topological polar surface area (TPSA) is 124 Å². The molecule has 2 aromatic rings. The molecule has 1 amide bonds. The van der Waals surface area contributed by atoms with Crippen LogP contribution in [-0.2, 0) is 0 Å². The highest BCUT2D eigenvalue weighted by atomic mass is 16.4. The predicted octanol–water partition coefficient (Wildman–Crippen LogP) is 0.252. The minimum atomic E-state index is -1.10. The van der Waals surface area contributed by atoms with Crippen LogP contribution in [0, 0.1) is 0 Å². The van der Waals surface area contributed by atoms with Gasteiger partial charge >= 0.3 is 5.97 Å². The Kier molecular flexibility index (Phi) is 2.72. The summed E-state index contributed by atoms with van der Waals surface area (Å²) in [6.07, 6.45) is 1.54. The van der Waals surface area contributed by atoms with Crippen LogP contribution in [-0.4, -0.2) is 26.8 Å². The smallest absolute Gasteiger partial charge is 0.337 e. The van der Waals surface area contributed by atoms with Crippen LogP contribution >= 0.6 is 0 Å². The molecule has 0 aliphatic rings. The Morgan fingerprint density at radius 2 is 2.00 bits per heavy atom. The van der Waals surface area contributed by atoms with Crippen LogP contribution in [0.1, 0.15) is 20.8 Å². The summed E-state index contributed by atoms with van der Waals surface area (Å²) in [5.74, 6) is -1.73. The van der Waals surface area contributed by atoms with Crippen molar-refractivity contribution in [3.8, 4) is 5.69 Å². The zero-order valence-corrected chi connectivity index (χ0v) is 9.20. The Morgan fingerprint density at radius 3 is 2.50 bits per heavy atom. The number of aromatic nitrogens is 2. The molecule has 0 unspecified atom stereocenters. The number of carbonyl (C=O) groups is 2. The third-order valence-electron chi connectivity index (χ3n) is 2.37. The lowest BCUT2D eigenvalue weighted by Crippen LogP contribution is -2.12. The molecule has 1 aromatic heterocycles. The molecule has 0 bridgehead atoms. The number of primary amides is 1. The number of carboxylic acid groups (broad SMARTS) is 1. The summed E-state index contributed by atoms with van der Waals surface area (Å²) in [7, 11) is 0. The Bertz CT molecular complexity index is 633. The number of carboxylic acids is 1. The van der Waals surface area contributed by atoms with Crippen molar-refractivity contribution >= 4 is 17.6 Å². The van der Waals surface area contributed by atoms with Crippen molar-refractivity contribution < 1.29 is 14.7 Å². The number of aromatic carboxylic acids is 1. The number of benzene rings is 1. The van der Waals surface area contributed by atoms with Gasteiger partial charge in [0.05, 0.1) is 11.3 Å². The summed E-state index contributed by atoms with van der Waals surface area (Å²) < 4.78 is 1.39. The van der Waals surface area contributed by atoms with E-state index in [4.69, 9.17) is 16.6 Å². The van der Waals surface area contributed by atoms with Gasteiger partial charge in [0, 0.05) is 11.9 Å². The maximum Gasteiger partial charge on any atom is 0.337 e. The third-order valence-corrected chi connectivity index (χ3v) is 2.37. The molecule has 1 aromatic carbocycles. The van der Waals surface area contributed by atoms with Crippen LogP contribution in [0.5, 0.6) is 0 Å². The number of hydrogen-bond donors (Lipinski definition) is 3. The first-order valence-electron chi connectivity index (χ1n) is 4.97. The molecule has 0 saturated heterocycles. The van der Waals surface area contributed by atoms with E-state index >= 15 is 0 Å². The van der Waals surface area contributed by atoms with Crippen molar-refractivity contribution in [1.82, 2.24) is 9.78 Å². The van der Waals surface area contributed by atoms with E-state index in [1.54, 1.807) is 0 Å². The fraction of sp³-hybridized carbons (Fsp3) is 0. The molecule has 1 heterocycles. The maximum atomic E-state index is 10.9. The van der Waals surface area contributed by atoms with E-state index in [0.29, 0.717) is 5.69 Å². The second-order valence-corrected chi connectivity index (χ2v) is 3.59. The highest BCUT2D eigenvalue weighted by molar-refractivity contribution is 5.94.